The summed E-state index contributed by atoms with van der Waals surface area (Å²) in [7, 11) is 1.85. The van der Waals surface area contributed by atoms with Crippen molar-refractivity contribution < 1.29 is 62.3 Å². The van der Waals surface area contributed by atoms with Crippen molar-refractivity contribution in [2.24, 2.45) is 18.1 Å². The minimum atomic E-state index is -1.51. The highest BCUT2D eigenvalue weighted by molar-refractivity contribution is 7.14. The van der Waals surface area contributed by atoms with Crippen molar-refractivity contribution in [1.29, 1.82) is 0 Å². The van der Waals surface area contributed by atoms with Gasteiger partial charge in [-0.2, -0.15) is 4.68 Å². The molecule has 2 aromatic heterocycles. The van der Waals surface area contributed by atoms with Crippen LogP contribution in [0.3, 0.4) is 0 Å². The van der Waals surface area contributed by atoms with Crippen molar-refractivity contribution in [3.05, 3.63) is 35.5 Å². The molecule has 326 valence electrons. The summed E-state index contributed by atoms with van der Waals surface area (Å²) in [5.41, 5.74) is -3.03. The van der Waals surface area contributed by atoms with E-state index in [1.807, 2.05) is 28.7 Å². The third-order valence-corrected chi connectivity index (χ3v) is 7.99. The SMILES string of the molecule is Cn1c2ccc(OCC(ON=C(C(=O)O)c3csc(NC(=O)OC(C)(C)C)n3)C(=O)OC(C)(C)C)cc2c[n+]1CC(CNC(=O)OC(C)(C)C)CNC(=O)OC(C)(C)C. The summed E-state index contributed by atoms with van der Waals surface area (Å²) in [5.74, 6) is -2.31. The molecule has 0 fully saturated rings. The van der Waals surface area contributed by atoms with Gasteiger partial charge in [0.15, 0.2) is 11.7 Å². The number of hydrogen-bond acceptors (Lipinski definition) is 14. The van der Waals surface area contributed by atoms with Crippen LogP contribution in [-0.2, 0) is 47.0 Å². The molecule has 0 radical (unpaired) electrons. The molecule has 59 heavy (non-hydrogen) atoms. The van der Waals surface area contributed by atoms with E-state index in [4.69, 9.17) is 28.5 Å². The average molecular weight is 849 g/mol. The zero-order chi connectivity index (χ0) is 44.5. The van der Waals surface area contributed by atoms with E-state index in [1.165, 1.54) is 5.38 Å². The van der Waals surface area contributed by atoms with Crippen molar-refractivity contribution in [2.45, 2.75) is 118 Å². The molecule has 3 aromatic rings. The number of aryl methyl sites for hydroxylation is 1. The van der Waals surface area contributed by atoms with Crippen molar-refractivity contribution in [2.75, 3.05) is 25.0 Å². The van der Waals surface area contributed by atoms with Crippen LogP contribution < -0.4 is 25.4 Å². The van der Waals surface area contributed by atoms with Gasteiger partial charge in [-0.25, -0.2) is 29.0 Å². The molecular weight excluding hydrogens is 791 g/mol. The number of esters is 1. The lowest BCUT2D eigenvalue weighted by molar-refractivity contribution is -0.775. The number of fused-ring (bicyclic) bond motifs is 1. The van der Waals surface area contributed by atoms with Gasteiger partial charge in [0.2, 0.25) is 11.9 Å². The topological polar surface area (TPSA) is 231 Å². The fourth-order valence-electron chi connectivity index (χ4n) is 4.95. The third-order valence-electron chi connectivity index (χ3n) is 7.23. The van der Waals surface area contributed by atoms with E-state index in [0.717, 1.165) is 22.2 Å². The first kappa shape index (κ1) is 47.7. The Morgan fingerprint density at radius 3 is 1.90 bits per heavy atom. The Balaban J connectivity index is 1.82. The lowest BCUT2D eigenvalue weighted by atomic mass is 10.1. The Kier molecular flexibility index (Phi) is 15.7. The van der Waals surface area contributed by atoms with Gasteiger partial charge in [0.05, 0.1) is 18.4 Å². The largest absolute Gasteiger partial charge is 0.489 e. The number of amides is 3. The van der Waals surface area contributed by atoms with Gasteiger partial charge in [-0.05, 0) is 101 Å². The Labute approximate surface area is 347 Å². The number of carboxylic acids is 1. The molecule has 0 bridgehead atoms. The summed E-state index contributed by atoms with van der Waals surface area (Å²) in [5, 5.41) is 23.8. The zero-order valence-electron chi connectivity index (χ0n) is 36.0. The molecule has 1 atom stereocenters. The number of anilines is 1. The second-order valence-electron chi connectivity index (χ2n) is 17.5. The summed E-state index contributed by atoms with van der Waals surface area (Å²) in [6.45, 7) is 20.9. The standard InChI is InChI=1S/C39H57N7O12S/c1-36(2,3)54-31(49)28(58-44-29(30(47)48)26-22-59-32(42-26)43-35(52)57-39(10,11)12)21-53-25-14-15-27-24(16-25)20-46(45(27)13)19-23(17-40-33(50)55-37(4,5)6)18-41-34(51)56-38(7,8)9/h14-16,20,22-23,28H,17-19,21H2,1-13H3,(H3-,40,41,42,43,47,48,50,51,52)/p+1. The van der Waals surface area contributed by atoms with Crippen molar-refractivity contribution in [3.63, 3.8) is 0 Å². The Hall–Kier alpha value is -5.66. The summed E-state index contributed by atoms with van der Waals surface area (Å²) in [4.78, 5) is 72.2. The van der Waals surface area contributed by atoms with Crippen LogP contribution in [0.5, 0.6) is 5.75 Å². The summed E-state index contributed by atoms with van der Waals surface area (Å²) in [6, 6.07) is 5.24. The molecule has 19 nitrogen and oxygen atoms in total. The van der Waals surface area contributed by atoms with Gasteiger partial charge in [0.25, 0.3) is 6.10 Å². The minimum absolute atomic E-state index is 0.0540. The number of carbonyl (C=O) groups excluding carboxylic acids is 4. The second kappa shape index (κ2) is 19.4. The molecule has 1 aromatic carbocycles. The normalized spacial score (nSPS) is 13.0. The van der Waals surface area contributed by atoms with Crippen LogP contribution in [0.1, 0.15) is 88.8 Å². The maximum Gasteiger partial charge on any atom is 0.413 e. The number of hydrogen-bond donors (Lipinski definition) is 4. The average Bonchev–Trinajstić information content (AvgIpc) is 3.63. The van der Waals surface area contributed by atoms with Crippen molar-refractivity contribution in [3.8, 4) is 5.75 Å². The molecule has 0 aliphatic carbocycles. The van der Waals surface area contributed by atoms with Crippen LogP contribution in [0.25, 0.3) is 10.9 Å². The highest BCUT2D eigenvalue weighted by Gasteiger charge is 2.30. The van der Waals surface area contributed by atoms with Gasteiger partial charge in [-0.15, -0.1) is 16.0 Å². The summed E-state index contributed by atoms with van der Waals surface area (Å²) < 4.78 is 31.3. The number of carbonyl (C=O) groups is 5. The van der Waals surface area contributed by atoms with E-state index < -0.39 is 71.0 Å². The van der Waals surface area contributed by atoms with Gasteiger partial charge in [0.1, 0.15) is 46.0 Å². The highest BCUT2D eigenvalue weighted by atomic mass is 32.1. The number of aliphatic carboxylic acids is 1. The molecule has 0 saturated heterocycles. The number of thiazole rings is 1. The number of rotatable bonds is 15. The third kappa shape index (κ3) is 17.0. The van der Waals surface area contributed by atoms with Crippen LogP contribution in [0.4, 0.5) is 19.5 Å². The predicted octanol–water partition coefficient (Wildman–Crippen LogP) is 5.53. The number of carboxylic acid groups (broad SMARTS) is 1. The molecule has 3 rings (SSSR count). The van der Waals surface area contributed by atoms with E-state index in [2.05, 4.69) is 26.1 Å². The van der Waals surface area contributed by atoms with Crippen LogP contribution in [0.15, 0.2) is 34.9 Å². The molecule has 0 spiro atoms. The molecule has 2 heterocycles. The van der Waals surface area contributed by atoms with E-state index >= 15 is 0 Å². The molecular formula is C39H58N7O12S+. The highest BCUT2D eigenvalue weighted by Crippen LogP contribution is 2.22. The Morgan fingerprint density at radius 1 is 0.831 bits per heavy atom. The van der Waals surface area contributed by atoms with Gasteiger partial charge in [-0.3, -0.25) is 5.32 Å². The first-order valence-electron chi connectivity index (χ1n) is 18.8. The Bertz CT molecular complexity index is 1970. The van der Waals surface area contributed by atoms with Crippen LogP contribution >= 0.6 is 11.3 Å². The molecule has 0 aliphatic rings. The smallest absolute Gasteiger partial charge is 0.413 e. The lowest BCUT2D eigenvalue weighted by Gasteiger charge is -2.23. The monoisotopic (exact) mass is 848 g/mol. The van der Waals surface area contributed by atoms with E-state index in [1.54, 1.807) is 95.2 Å². The maximum absolute atomic E-state index is 13.2. The number of nitrogens with zero attached hydrogens (tertiary/aromatic N) is 4. The van der Waals surface area contributed by atoms with Crippen molar-refractivity contribution >= 4 is 63.3 Å². The number of aromatic nitrogens is 3. The van der Waals surface area contributed by atoms with Gasteiger partial charge >= 0.3 is 30.2 Å². The fourth-order valence-corrected chi connectivity index (χ4v) is 5.64. The van der Waals surface area contributed by atoms with E-state index in [-0.39, 0.29) is 29.8 Å². The summed E-state index contributed by atoms with van der Waals surface area (Å²) >= 11 is 0.936. The van der Waals surface area contributed by atoms with Gasteiger partial charge in [-0.1, -0.05) is 5.16 Å². The molecule has 0 aliphatic heterocycles. The predicted molar refractivity (Wildman–Crippen MR) is 217 cm³/mol. The lowest BCUT2D eigenvalue weighted by Crippen LogP contribution is -2.50. The van der Waals surface area contributed by atoms with Crippen LogP contribution in [-0.4, -0.2) is 98.9 Å². The van der Waals surface area contributed by atoms with Gasteiger partial charge in [0, 0.05) is 18.5 Å². The number of nitrogens with one attached hydrogen (secondary N) is 3. The van der Waals surface area contributed by atoms with Crippen LogP contribution in [0.2, 0.25) is 0 Å². The Morgan fingerprint density at radius 2 is 1.37 bits per heavy atom. The number of ether oxygens (including phenoxy) is 5. The molecule has 3 amide bonds. The number of oxime groups is 1. The molecule has 0 saturated carbocycles. The first-order valence-corrected chi connectivity index (χ1v) is 19.7. The number of benzene rings is 1. The quantitative estimate of drug-likeness (QED) is 0.0485. The maximum atomic E-state index is 13.2. The summed E-state index contributed by atoms with van der Waals surface area (Å²) in [6.07, 6.45) is -1.60. The van der Waals surface area contributed by atoms with Crippen molar-refractivity contribution in [1.82, 2.24) is 20.3 Å². The minimum Gasteiger partial charge on any atom is -0.489 e. The first-order chi connectivity index (χ1) is 27.1. The zero-order valence-corrected chi connectivity index (χ0v) is 36.8. The molecule has 20 heteroatoms. The van der Waals surface area contributed by atoms with Crippen LogP contribution in [0, 0.1) is 5.92 Å². The number of alkyl carbamates (subject to hydrolysis) is 2. The second-order valence-corrected chi connectivity index (χ2v) is 18.3. The van der Waals surface area contributed by atoms with Gasteiger partial charge < -0.3 is 44.3 Å². The molecule has 1 unspecified atom stereocenters. The van der Waals surface area contributed by atoms with E-state index in [0.29, 0.717) is 12.3 Å². The van der Waals surface area contributed by atoms with E-state index in [9.17, 15) is 29.1 Å². The fraction of sp³-hybridized carbons (Fsp3) is 0.590. The molecule has 4 N–H and O–H groups in total.